The Morgan fingerprint density at radius 3 is 2.62 bits per heavy atom. The van der Waals surface area contributed by atoms with Crippen LogP contribution in [0.5, 0.6) is 0 Å². The summed E-state index contributed by atoms with van der Waals surface area (Å²) >= 11 is 0. The molecular weight excluding hydrogens is 304 g/mol. The Kier molecular flexibility index (Phi) is 5.81. The molecule has 0 atom stereocenters. The Hall–Kier alpha value is -1.50. The van der Waals surface area contributed by atoms with E-state index in [1.54, 1.807) is 7.11 Å². The molecule has 2 saturated heterocycles. The molecule has 1 N–H and O–H groups in total. The van der Waals surface area contributed by atoms with Crippen LogP contribution in [0.1, 0.15) is 18.5 Å². The molecule has 0 aliphatic carbocycles. The van der Waals surface area contributed by atoms with E-state index in [9.17, 15) is 4.79 Å². The minimum atomic E-state index is -0.330. The molecule has 2 aliphatic heterocycles. The molecule has 6 heteroatoms. The van der Waals surface area contributed by atoms with Crippen molar-refractivity contribution in [2.45, 2.75) is 19.4 Å². The lowest BCUT2D eigenvalue weighted by atomic mass is 9.78. The van der Waals surface area contributed by atoms with Gasteiger partial charge < -0.3 is 15.0 Å². The molecule has 132 valence electrons. The summed E-state index contributed by atoms with van der Waals surface area (Å²) in [6.45, 7) is 6.59. The van der Waals surface area contributed by atoms with E-state index in [0.29, 0.717) is 6.61 Å². The van der Waals surface area contributed by atoms with Gasteiger partial charge in [0.15, 0.2) is 0 Å². The normalized spacial score (nSPS) is 21.6. The molecule has 6 nitrogen and oxygen atoms in total. The third-order valence-corrected chi connectivity index (χ3v) is 5.21. The van der Waals surface area contributed by atoms with E-state index in [2.05, 4.69) is 21.3 Å². The predicted octanol–water partition coefficient (Wildman–Crippen LogP) is 0.742. The lowest BCUT2D eigenvalue weighted by molar-refractivity contribution is -0.149. The molecule has 0 spiro atoms. The summed E-state index contributed by atoms with van der Waals surface area (Å²) in [6, 6.07) is 6.02. The summed E-state index contributed by atoms with van der Waals surface area (Å²) in [5.41, 5.74) is 0.759. The van der Waals surface area contributed by atoms with Crippen molar-refractivity contribution in [3.63, 3.8) is 0 Å². The molecule has 2 aliphatic rings. The van der Waals surface area contributed by atoms with Crippen LogP contribution in [0.3, 0.4) is 0 Å². The van der Waals surface area contributed by atoms with Crippen molar-refractivity contribution in [1.82, 2.24) is 20.1 Å². The van der Waals surface area contributed by atoms with Gasteiger partial charge in [-0.15, -0.1) is 0 Å². The number of carbonyl (C=O) groups is 1. The smallest absolute Gasteiger partial charge is 0.231 e. The lowest BCUT2D eigenvalue weighted by Crippen LogP contribution is -2.56. The van der Waals surface area contributed by atoms with E-state index in [4.69, 9.17) is 4.74 Å². The molecule has 24 heavy (non-hydrogen) atoms. The first-order valence-corrected chi connectivity index (χ1v) is 8.85. The van der Waals surface area contributed by atoms with Crippen molar-refractivity contribution < 1.29 is 9.53 Å². The van der Waals surface area contributed by atoms with Crippen LogP contribution < -0.4 is 5.32 Å². The van der Waals surface area contributed by atoms with Crippen molar-refractivity contribution >= 4 is 5.91 Å². The maximum Gasteiger partial charge on any atom is 0.231 e. The van der Waals surface area contributed by atoms with Gasteiger partial charge in [0.1, 0.15) is 0 Å². The van der Waals surface area contributed by atoms with Crippen LogP contribution in [0.25, 0.3) is 0 Å². The second kappa shape index (κ2) is 8.05. The Labute approximate surface area is 144 Å². The third kappa shape index (κ3) is 3.94. The number of amides is 1. The standard InChI is InChI=1S/C18H28N4O2/c1-24-15-18(5-8-19-9-6-18)17(23)22-12-10-21(11-13-22)14-16-4-2-3-7-20-16/h2-4,7,19H,5-6,8-15H2,1H3. The average molecular weight is 332 g/mol. The van der Waals surface area contributed by atoms with Crippen LogP contribution in [0.15, 0.2) is 24.4 Å². The minimum absolute atomic E-state index is 0.281. The van der Waals surface area contributed by atoms with Crippen molar-refractivity contribution in [3.8, 4) is 0 Å². The molecule has 3 heterocycles. The van der Waals surface area contributed by atoms with Gasteiger partial charge in [0.2, 0.25) is 5.91 Å². The number of nitrogens with one attached hydrogen (secondary N) is 1. The third-order valence-electron chi connectivity index (χ3n) is 5.21. The SMILES string of the molecule is COCC1(C(=O)N2CCN(Cc3ccccn3)CC2)CCNCC1. The molecule has 1 aromatic heterocycles. The molecule has 3 rings (SSSR count). The number of ether oxygens (including phenoxy) is 1. The van der Waals surface area contributed by atoms with Gasteiger partial charge in [-0.1, -0.05) is 6.07 Å². The Morgan fingerprint density at radius 2 is 2.00 bits per heavy atom. The van der Waals surface area contributed by atoms with Crippen LogP contribution in [0, 0.1) is 5.41 Å². The zero-order valence-electron chi connectivity index (χ0n) is 14.5. The zero-order valence-corrected chi connectivity index (χ0v) is 14.5. The number of rotatable bonds is 5. The Morgan fingerprint density at radius 1 is 1.25 bits per heavy atom. The second-order valence-corrected chi connectivity index (χ2v) is 6.85. The highest BCUT2D eigenvalue weighted by Gasteiger charge is 2.42. The maximum atomic E-state index is 13.1. The van der Waals surface area contributed by atoms with Crippen LogP contribution in [0.4, 0.5) is 0 Å². The highest BCUT2D eigenvalue weighted by atomic mass is 16.5. The molecule has 2 fully saturated rings. The van der Waals surface area contributed by atoms with Crippen LogP contribution >= 0.6 is 0 Å². The fraction of sp³-hybridized carbons (Fsp3) is 0.667. The van der Waals surface area contributed by atoms with Gasteiger partial charge in [-0.05, 0) is 38.1 Å². The summed E-state index contributed by atoms with van der Waals surface area (Å²) in [4.78, 5) is 21.9. The van der Waals surface area contributed by atoms with Crippen molar-refractivity contribution in [1.29, 1.82) is 0 Å². The lowest BCUT2D eigenvalue weighted by Gasteiger charge is -2.42. The number of methoxy groups -OCH3 is 1. The van der Waals surface area contributed by atoms with Gasteiger partial charge in [-0.3, -0.25) is 14.7 Å². The largest absolute Gasteiger partial charge is 0.384 e. The number of hydrogen-bond acceptors (Lipinski definition) is 5. The monoisotopic (exact) mass is 332 g/mol. The summed E-state index contributed by atoms with van der Waals surface area (Å²) in [6.07, 6.45) is 3.57. The Balaban J connectivity index is 1.56. The number of aromatic nitrogens is 1. The number of pyridine rings is 1. The molecule has 1 aromatic rings. The number of piperidine rings is 1. The molecule has 1 amide bonds. The maximum absolute atomic E-state index is 13.1. The van der Waals surface area contributed by atoms with Crippen molar-refractivity contribution in [2.24, 2.45) is 5.41 Å². The number of hydrogen-bond donors (Lipinski definition) is 1. The average Bonchev–Trinajstić information content (AvgIpc) is 2.64. The van der Waals surface area contributed by atoms with Gasteiger partial charge in [-0.2, -0.15) is 0 Å². The Bertz CT molecular complexity index is 518. The van der Waals surface area contributed by atoms with Gasteiger partial charge in [-0.25, -0.2) is 0 Å². The fourth-order valence-electron chi connectivity index (χ4n) is 3.77. The summed E-state index contributed by atoms with van der Waals surface area (Å²) < 4.78 is 5.40. The molecule has 0 saturated carbocycles. The highest BCUT2D eigenvalue weighted by Crippen LogP contribution is 2.32. The zero-order chi connectivity index (χ0) is 16.8. The van der Waals surface area contributed by atoms with Crippen LogP contribution in [0.2, 0.25) is 0 Å². The van der Waals surface area contributed by atoms with Gasteiger partial charge in [0.25, 0.3) is 0 Å². The summed E-state index contributed by atoms with van der Waals surface area (Å²) in [5, 5.41) is 3.35. The first kappa shape index (κ1) is 17.3. The van der Waals surface area contributed by atoms with E-state index in [0.717, 1.165) is 64.3 Å². The van der Waals surface area contributed by atoms with Gasteiger partial charge in [0, 0.05) is 46.0 Å². The summed E-state index contributed by atoms with van der Waals surface area (Å²) in [5.74, 6) is 0.281. The van der Waals surface area contributed by atoms with Crippen molar-refractivity contribution in [3.05, 3.63) is 30.1 Å². The first-order valence-electron chi connectivity index (χ1n) is 8.85. The number of nitrogens with zero attached hydrogens (tertiary/aromatic N) is 3. The predicted molar refractivity (Wildman–Crippen MR) is 92.5 cm³/mol. The van der Waals surface area contributed by atoms with E-state index in [-0.39, 0.29) is 11.3 Å². The first-order chi connectivity index (χ1) is 11.7. The van der Waals surface area contributed by atoms with Crippen LogP contribution in [-0.4, -0.2) is 73.7 Å². The highest BCUT2D eigenvalue weighted by molar-refractivity contribution is 5.83. The van der Waals surface area contributed by atoms with E-state index in [1.807, 2.05) is 23.2 Å². The van der Waals surface area contributed by atoms with Crippen LogP contribution in [-0.2, 0) is 16.1 Å². The van der Waals surface area contributed by atoms with Crippen molar-refractivity contribution in [2.75, 3.05) is 53.0 Å². The number of carbonyl (C=O) groups excluding carboxylic acids is 1. The molecule has 0 unspecified atom stereocenters. The fourth-order valence-corrected chi connectivity index (χ4v) is 3.77. The molecular formula is C18H28N4O2. The van der Waals surface area contributed by atoms with Gasteiger partial charge in [0.05, 0.1) is 17.7 Å². The quantitative estimate of drug-likeness (QED) is 0.862. The second-order valence-electron chi connectivity index (χ2n) is 6.85. The minimum Gasteiger partial charge on any atom is -0.384 e. The summed E-state index contributed by atoms with van der Waals surface area (Å²) in [7, 11) is 1.70. The topological polar surface area (TPSA) is 57.7 Å². The molecule has 0 bridgehead atoms. The molecule has 0 aromatic carbocycles. The van der Waals surface area contributed by atoms with E-state index >= 15 is 0 Å². The van der Waals surface area contributed by atoms with E-state index in [1.165, 1.54) is 0 Å². The van der Waals surface area contributed by atoms with Gasteiger partial charge >= 0.3 is 0 Å². The molecule has 0 radical (unpaired) electrons. The van der Waals surface area contributed by atoms with E-state index < -0.39 is 0 Å². The number of piperazine rings is 1.